The minimum absolute atomic E-state index is 0.355. The van der Waals surface area contributed by atoms with Gasteiger partial charge in [0.05, 0.1) is 17.8 Å². The van der Waals surface area contributed by atoms with E-state index in [9.17, 15) is 9.90 Å². The Balaban J connectivity index is 1.76. The lowest BCUT2D eigenvalue weighted by Gasteiger charge is -2.19. The van der Waals surface area contributed by atoms with Gasteiger partial charge >= 0.3 is 0 Å². The number of primary amides is 1. The van der Waals surface area contributed by atoms with Crippen LogP contribution in [0, 0.1) is 0 Å². The number of hydrogen-bond acceptors (Lipinski definition) is 5. The quantitative estimate of drug-likeness (QED) is 0.888. The van der Waals surface area contributed by atoms with E-state index in [0.29, 0.717) is 36.1 Å². The molecule has 6 nitrogen and oxygen atoms in total. The largest absolute Gasteiger partial charge is 0.444 e. The number of carbonyl (C=O) groups excluding carboxylic acids is 1. The van der Waals surface area contributed by atoms with Crippen molar-refractivity contribution in [1.29, 1.82) is 0 Å². The summed E-state index contributed by atoms with van der Waals surface area (Å²) in [5.74, 6) is 0.0305. The lowest BCUT2D eigenvalue weighted by atomic mass is 10.2. The van der Waals surface area contributed by atoms with Crippen molar-refractivity contribution in [2.45, 2.75) is 25.1 Å². The molecule has 1 aliphatic rings. The van der Waals surface area contributed by atoms with Crippen LogP contribution < -0.4 is 5.73 Å². The van der Waals surface area contributed by atoms with Crippen molar-refractivity contribution in [3.8, 4) is 11.5 Å². The Labute approximate surface area is 132 Å². The fourth-order valence-corrected chi connectivity index (χ4v) is 2.88. The first-order valence-electron chi connectivity index (χ1n) is 6.94. The molecule has 3 N–H and O–H groups in total. The number of halogens is 1. The average Bonchev–Trinajstić information content (AvgIpc) is 3.06. The summed E-state index contributed by atoms with van der Waals surface area (Å²) in [6, 6.07) is 6.75. The fraction of sp³-hybridized carbons (Fsp3) is 0.333. The number of nitrogens with zero attached hydrogens (tertiary/aromatic N) is 2. The van der Waals surface area contributed by atoms with Gasteiger partial charge in [-0.25, -0.2) is 4.98 Å². The molecule has 2 aromatic rings. The van der Waals surface area contributed by atoms with Gasteiger partial charge in [-0.1, -0.05) is 17.7 Å². The van der Waals surface area contributed by atoms with Crippen LogP contribution in [0.1, 0.15) is 12.1 Å². The molecule has 22 heavy (non-hydrogen) atoms. The van der Waals surface area contributed by atoms with Gasteiger partial charge in [-0.15, -0.1) is 0 Å². The summed E-state index contributed by atoms with van der Waals surface area (Å²) in [5.41, 5.74) is 6.83. The van der Waals surface area contributed by atoms with Gasteiger partial charge in [0.2, 0.25) is 11.8 Å². The fourth-order valence-electron chi connectivity index (χ4n) is 2.69. The summed E-state index contributed by atoms with van der Waals surface area (Å²) in [7, 11) is 0. The Hall–Kier alpha value is -1.89. The number of aliphatic hydroxyl groups is 1. The van der Waals surface area contributed by atoms with Crippen molar-refractivity contribution < 1.29 is 14.3 Å². The van der Waals surface area contributed by atoms with E-state index >= 15 is 0 Å². The average molecular weight is 322 g/mol. The number of likely N-dealkylation sites (tertiary alicyclic amines) is 1. The molecule has 0 aliphatic carbocycles. The highest BCUT2D eigenvalue weighted by molar-refractivity contribution is 6.30. The molecule has 2 heterocycles. The van der Waals surface area contributed by atoms with Crippen LogP contribution in [0.5, 0.6) is 0 Å². The van der Waals surface area contributed by atoms with Gasteiger partial charge in [-0.05, 0) is 24.6 Å². The number of nitrogens with two attached hydrogens (primary N) is 1. The second-order valence-corrected chi connectivity index (χ2v) is 5.83. The number of rotatable bonds is 4. The number of oxazole rings is 1. The van der Waals surface area contributed by atoms with E-state index in [1.807, 2.05) is 17.0 Å². The molecule has 2 atom stereocenters. The van der Waals surface area contributed by atoms with Crippen molar-refractivity contribution in [1.82, 2.24) is 9.88 Å². The monoisotopic (exact) mass is 321 g/mol. The summed E-state index contributed by atoms with van der Waals surface area (Å²) in [4.78, 5) is 17.6. The first kappa shape index (κ1) is 15.0. The number of hydrogen-bond donors (Lipinski definition) is 2. The molecule has 1 fully saturated rings. The summed E-state index contributed by atoms with van der Waals surface area (Å²) in [6.07, 6.45) is 1.35. The first-order chi connectivity index (χ1) is 10.5. The van der Waals surface area contributed by atoms with Crippen molar-refractivity contribution in [2.24, 2.45) is 5.73 Å². The maximum Gasteiger partial charge on any atom is 0.234 e. The Morgan fingerprint density at radius 2 is 2.36 bits per heavy atom. The third-order valence-electron chi connectivity index (χ3n) is 3.70. The van der Waals surface area contributed by atoms with Gasteiger partial charge in [-0.3, -0.25) is 9.69 Å². The number of amides is 1. The summed E-state index contributed by atoms with van der Waals surface area (Å²) >= 11 is 5.95. The number of aliphatic hydroxyl groups excluding tert-OH is 1. The minimum atomic E-state index is -0.545. The van der Waals surface area contributed by atoms with Crippen LogP contribution in [0.4, 0.5) is 0 Å². The van der Waals surface area contributed by atoms with E-state index in [-0.39, 0.29) is 0 Å². The van der Waals surface area contributed by atoms with E-state index < -0.39 is 18.1 Å². The number of β-amino-alcohol motifs (C(OH)–C–C–N with tert-alkyl or cyclic N) is 1. The number of carbonyl (C=O) groups is 1. The Morgan fingerprint density at radius 3 is 3.09 bits per heavy atom. The minimum Gasteiger partial charge on any atom is -0.444 e. The predicted octanol–water partition coefficient (Wildman–Crippen LogP) is 1.42. The lowest BCUT2D eigenvalue weighted by Crippen LogP contribution is -2.39. The van der Waals surface area contributed by atoms with E-state index in [1.165, 1.54) is 0 Å². The molecule has 116 valence electrons. The molecule has 3 rings (SSSR count). The van der Waals surface area contributed by atoms with E-state index in [1.54, 1.807) is 18.4 Å². The van der Waals surface area contributed by atoms with E-state index in [4.69, 9.17) is 21.8 Å². The SMILES string of the molecule is NC(=O)[C@H]1C[C@H](O)CN1Cc1coc(-c2cccc(Cl)c2)n1. The van der Waals surface area contributed by atoms with Crippen molar-refractivity contribution >= 4 is 17.5 Å². The molecular formula is C15H16ClN3O3. The van der Waals surface area contributed by atoms with Crippen LogP contribution in [0.2, 0.25) is 5.02 Å². The topological polar surface area (TPSA) is 92.6 Å². The summed E-state index contributed by atoms with van der Waals surface area (Å²) < 4.78 is 5.46. The van der Waals surface area contributed by atoms with Crippen molar-refractivity contribution in [3.05, 3.63) is 41.2 Å². The summed E-state index contributed by atoms with van der Waals surface area (Å²) in [5, 5.41) is 10.3. The van der Waals surface area contributed by atoms with Crippen LogP contribution in [-0.4, -0.2) is 39.6 Å². The normalized spacial score (nSPS) is 22.1. The highest BCUT2D eigenvalue weighted by Gasteiger charge is 2.35. The molecule has 7 heteroatoms. The van der Waals surface area contributed by atoms with Gasteiger partial charge in [0.25, 0.3) is 0 Å². The molecule has 0 bridgehead atoms. The van der Waals surface area contributed by atoms with Gasteiger partial charge in [0, 0.05) is 23.7 Å². The molecule has 0 radical (unpaired) electrons. The highest BCUT2D eigenvalue weighted by Crippen LogP contribution is 2.24. The van der Waals surface area contributed by atoms with Crippen LogP contribution in [0.25, 0.3) is 11.5 Å². The molecule has 1 aromatic carbocycles. The Morgan fingerprint density at radius 1 is 1.55 bits per heavy atom. The molecule has 0 unspecified atom stereocenters. The van der Waals surface area contributed by atoms with Crippen molar-refractivity contribution in [3.63, 3.8) is 0 Å². The maximum absolute atomic E-state index is 11.4. The zero-order valence-electron chi connectivity index (χ0n) is 11.8. The Kier molecular flexibility index (Phi) is 4.15. The van der Waals surface area contributed by atoms with Crippen LogP contribution in [0.3, 0.4) is 0 Å². The van der Waals surface area contributed by atoms with Gasteiger partial charge < -0.3 is 15.3 Å². The smallest absolute Gasteiger partial charge is 0.234 e. The zero-order chi connectivity index (χ0) is 15.7. The molecule has 1 amide bonds. The van der Waals surface area contributed by atoms with E-state index in [2.05, 4.69) is 4.98 Å². The van der Waals surface area contributed by atoms with Crippen molar-refractivity contribution in [2.75, 3.05) is 6.54 Å². The molecule has 0 saturated carbocycles. The molecule has 1 aliphatic heterocycles. The zero-order valence-corrected chi connectivity index (χ0v) is 12.5. The molecule has 0 spiro atoms. The molecular weight excluding hydrogens is 306 g/mol. The van der Waals surface area contributed by atoms with Crippen LogP contribution in [-0.2, 0) is 11.3 Å². The van der Waals surface area contributed by atoms with Gasteiger partial charge in [0.1, 0.15) is 6.26 Å². The number of aromatic nitrogens is 1. The maximum atomic E-state index is 11.4. The second-order valence-electron chi connectivity index (χ2n) is 5.39. The Bertz CT molecular complexity index is 688. The standard InChI is InChI=1S/C15H16ClN3O3/c16-10-3-1-2-9(4-10)15-18-11(8-22-15)6-19-7-12(20)5-13(19)14(17)21/h1-4,8,12-13,20H,5-7H2,(H2,17,21)/t12-,13+/m0/s1. The van der Waals surface area contributed by atoms with E-state index in [0.717, 1.165) is 5.56 Å². The first-order valence-corrected chi connectivity index (χ1v) is 7.32. The summed E-state index contributed by atoms with van der Waals surface area (Å²) in [6.45, 7) is 0.793. The predicted molar refractivity (Wildman–Crippen MR) is 81.0 cm³/mol. The third-order valence-corrected chi connectivity index (χ3v) is 3.93. The lowest BCUT2D eigenvalue weighted by molar-refractivity contribution is -0.122. The van der Waals surface area contributed by atoms with Crippen LogP contribution >= 0.6 is 11.6 Å². The van der Waals surface area contributed by atoms with Gasteiger partial charge in [0.15, 0.2) is 0 Å². The number of benzene rings is 1. The molecule has 1 aromatic heterocycles. The van der Waals surface area contributed by atoms with Crippen LogP contribution in [0.15, 0.2) is 34.9 Å². The third kappa shape index (κ3) is 3.14. The molecule has 1 saturated heterocycles. The van der Waals surface area contributed by atoms with Gasteiger partial charge in [-0.2, -0.15) is 0 Å². The highest BCUT2D eigenvalue weighted by atomic mass is 35.5. The second kappa shape index (κ2) is 6.08.